The lowest BCUT2D eigenvalue weighted by molar-refractivity contribution is -0.144. The predicted molar refractivity (Wildman–Crippen MR) is 83.1 cm³/mol. The minimum Gasteiger partial charge on any atom is -0.480 e. The van der Waals surface area contributed by atoms with Crippen molar-refractivity contribution in [3.05, 3.63) is 34.3 Å². The Kier molecular flexibility index (Phi) is 4.88. The number of carbonyl (C=O) groups excluding carboxylic acids is 1. The Bertz CT molecular complexity index is 541. The fraction of sp³-hybridized carbons (Fsp3) is 0.467. The summed E-state index contributed by atoms with van der Waals surface area (Å²) in [5, 5.41) is 14.8. The van der Waals surface area contributed by atoms with E-state index in [1.807, 2.05) is 31.2 Å². The summed E-state index contributed by atoms with van der Waals surface area (Å²) in [4.78, 5) is 23.5. The van der Waals surface area contributed by atoms with E-state index < -0.39 is 17.5 Å². The molecule has 1 atom stereocenters. The van der Waals surface area contributed by atoms with E-state index in [-0.39, 0.29) is 6.04 Å². The standard InChI is InChI=1S/C15H19BrN2O3/c1-10(11-5-4-6-12(16)9-11)17-14(21)18-15(13(19)20)7-2-3-8-15/h4-6,9-10H,2-3,7-8H2,1H3,(H,19,20)(H2,17,18,21). The second kappa shape index (κ2) is 6.47. The van der Waals surface area contributed by atoms with Crippen LogP contribution in [0.1, 0.15) is 44.2 Å². The highest BCUT2D eigenvalue weighted by molar-refractivity contribution is 9.10. The summed E-state index contributed by atoms with van der Waals surface area (Å²) >= 11 is 3.39. The summed E-state index contributed by atoms with van der Waals surface area (Å²) in [6, 6.07) is 7.01. The smallest absolute Gasteiger partial charge is 0.329 e. The molecule has 0 aromatic heterocycles. The Labute approximate surface area is 132 Å². The second-order valence-corrected chi connectivity index (χ2v) is 6.39. The lowest BCUT2D eigenvalue weighted by Crippen LogP contribution is -2.55. The highest BCUT2D eigenvalue weighted by Crippen LogP contribution is 2.30. The Morgan fingerprint density at radius 2 is 2.00 bits per heavy atom. The van der Waals surface area contributed by atoms with Crippen LogP contribution in [0.5, 0.6) is 0 Å². The molecule has 0 spiro atoms. The van der Waals surface area contributed by atoms with Gasteiger partial charge in [0.25, 0.3) is 0 Å². The third-order valence-corrected chi connectivity index (χ3v) is 4.41. The zero-order valence-electron chi connectivity index (χ0n) is 11.9. The molecule has 0 bridgehead atoms. The molecule has 0 radical (unpaired) electrons. The largest absolute Gasteiger partial charge is 0.480 e. The normalized spacial score (nSPS) is 18.0. The van der Waals surface area contributed by atoms with Crippen LogP contribution in [0.2, 0.25) is 0 Å². The first-order chi connectivity index (χ1) is 9.93. The van der Waals surface area contributed by atoms with Crippen LogP contribution >= 0.6 is 15.9 Å². The van der Waals surface area contributed by atoms with E-state index in [9.17, 15) is 14.7 Å². The highest BCUT2D eigenvalue weighted by atomic mass is 79.9. The van der Waals surface area contributed by atoms with Gasteiger partial charge in [0.2, 0.25) is 0 Å². The topological polar surface area (TPSA) is 78.4 Å². The maximum atomic E-state index is 12.1. The Morgan fingerprint density at radius 1 is 1.33 bits per heavy atom. The predicted octanol–water partition coefficient (Wildman–Crippen LogP) is 3.21. The third-order valence-electron chi connectivity index (χ3n) is 3.92. The van der Waals surface area contributed by atoms with Crippen molar-refractivity contribution in [1.29, 1.82) is 0 Å². The monoisotopic (exact) mass is 354 g/mol. The molecule has 1 aromatic rings. The van der Waals surface area contributed by atoms with Gasteiger partial charge >= 0.3 is 12.0 Å². The van der Waals surface area contributed by atoms with Crippen molar-refractivity contribution in [2.75, 3.05) is 0 Å². The van der Waals surface area contributed by atoms with E-state index in [1.165, 1.54) is 0 Å². The molecule has 0 heterocycles. The zero-order chi connectivity index (χ0) is 15.5. The number of carboxylic acid groups (broad SMARTS) is 1. The Balaban J connectivity index is 1.99. The van der Waals surface area contributed by atoms with Crippen LogP contribution in [0.4, 0.5) is 4.79 Å². The molecular weight excluding hydrogens is 336 g/mol. The van der Waals surface area contributed by atoms with Gasteiger partial charge in [-0.2, -0.15) is 0 Å². The van der Waals surface area contributed by atoms with Crippen molar-refractivity contribution in [1.82, 2.24) is 10.6 Å². The minimum absolute atomic E-state index is 0.199. The average molecular weight is 355 g/mol. The number of rotatable bonds is 4. The molecule has 1 aliphatic carbocycles. The fourth-order valence-electron chi connectivity index (χ4n) is 2.68. The summed E-state index contributed by atoms with van der Waals surface area (Å²) in [6.45, 7) is 1.86. The van der Waals surface area contributed by atoms with Crippen molar-refractivity contribution in [2.45, 2.75) is 44.2 Å². The number of carbonyl (C=O) groups is 2. The van der Waals surface area contributed by atoms with E-state index in [2.05, 4.69) is 26.6 Å². The number of benzene rings is 1. The van der Waals surface area contributed by atoms with E-state index in [0.29, 0.717) is 12.8 Å². The summed E-state index contributed by atoms with van der Waals surface area (Å²) in [5.41, 5.74) is -0.156. The van der Waals surface area contributed by atoms with Crippen molar-refractivity contribution in [3.63, 3.8) is 0 Å². The van der Waals surface area contributed by atoms with E-state index in [1.54, 1.807) is 0 Å². The number of hydrogen-bond donors (Lipinski definition) is 3. The maximum absolute atomic E-state index is 12.1. The average Bonchev–Trinajstić information content (AvgIpc) is 2.88. The quantitative estimate of drug-likeness (QED) is 0.776. The molecule has 3 N–H and O–H groups in total. The van der Waals surface area contributed by atoms with E-state index in [4.69, 9.17) is 0 Å². The summed E-state index contributed by atoms with van der Waals surface area (Å²) in [6.07, 6.45) is 2.63. The number of nitrogens with one attached hydrogen (secondary N) is 2. The second-order valence-electron chi connectivity index (χ2n) is 5.47. The van der Waals surface area contributed by atoms with Gasteiger partial charge in [0.05, 0.1) is 6.04 Å². The molecule has 0 saturated heterocycles. The summed E-state index contributed by atoms with van der Waals surface area (Å²) in [5.74, 6) is -0.953. The van der Waals surface area contributed by atoms with Crippen molar-refractivity contribution >= 4 is 27.9 Å². The summed E-state index contributed by atoms with van der Waals surface area (Å²) < 4.78 is 0.937. The molecule has 21 heavy (non-hydrogen) atoms. The van der Waals surface area contributed by atoms with Gasteiger partial charge in [-0.3, -0.25) is 0 Å². The van der Waals surface area contributed by atoms with Gasteiger partial charge in [0, 0.05) is 4.47 Å². The third kappa shape index (κ3) is 3.75. The lowest BCUT2D eigenvalue weighted by Gasteiger charge is -2.26. The molecule has 1 saturated carbocycles. The fourth-order valence-corrected chi connectivity index (χ4v) is 3.10. The molecule has 0 aliphatic heterocycles. The van der Waals surface area contributed by atoms with Crippen LogP contribution in [0, 0.1) is 0 Å². The van der Waals surface area contributed by atoms with Gasteiger partial charge in [-0.05, 0) is 37.5 Å². The van der Waals surface area contributed by atoms with Crippen molar-refractivity contribution in [2.24, 2.45) is 0 Å². The van der Waals surface area contributed by atoms with Crippen molar-refractivity contribution < 1.29 is 14.7 Å². The van der Waals surface area contributed by atoms with Crippen LogP contribution < -0.4 is 10.6 Å². The number of hydrogen-bond acceptors (Lipinski definition) is 2. The molecule has 5 nitrogen and oxygen atoms in total. The van der Waals surface area contributed by atoms with E-state index >= 15 is 0 Å². The van der Waals surface area contributed by atoms with Crippen LogP contribution in [0.15, 0.2) is 28.7 Å². The van der Waals surface area contributed by atoms with Crippen LogP contribution in [-0.2, 0) is 4.79 Å². The van der Waals surface area contributed by atoms with Crippen LogP contribution in [0.25, 0.3) is 0 Å². The summed E-state index contributed by atoms with van der Waals surface area (Å²) in [7, 11) is 0. The van der Waals surface area contributed by atoms with E-state index in [0.717, 1.165) is 22.9 Å². The molecular formula is C15H19BrN2O3. The van der Waals surface area contributed by atoms with Gasteiger partial charge in [-0.1, -0.05) is 40.9 Å². The van der Waals surface area contributed by atoms with Crippen molar-refractivity contribution in [3.8, 4) is 0 Å². The number of aliphatic carboxylic acids is 1. The molecule has 114 valence electrons. The van der Waals surface area contributed by atoms with Gasteiger partial charge in [-0.15, -0.1) is 0 Å². The number of urea groups is 1. The van der Waals surface area contributed by atoms with Gasteiger partial charge < -0.3 is 15.7 Å². The number of halogens is 1. The number of carboxylic acids is 1. The highest BCUT2D eigenvalue weighted by Gasteiger charge is 2.42. The molecule has 6 heteroatoms. The Morgan fingerprint density at radius 3 is 2.57 bits per heavy atom. The minimum atomic E-state index is -1.11. The lowest BCUT2D eigenvalue weighted by atomic mass is 9.98. The first kappa shape index (κ1) is 15.8. The Hall–Kier alpha value is -1.56. The number of amides is 2. The van der Waals surface area contributed by atoms with Crippen LogP contribution in [0.3, 0.4) is 0 Å². The van der Waals surface area contributed by atoms with Gasteiger partial charge in [0.1, 0.15) is 5.54 Å². The molecule has 1 aliphatic rings. The maximum Gasteiger partial charge on any atom is 0.329 e. The SMILES string of the molecule is CC(NC(=O)NC1(C(=O)O)CCCC1)c1cccc(Br)c1. The molecule has 1 aromatic carbocycles. The van der Waals surface area contributed by atoms with Gasteiger partial charge in [0.15, 0.2) is 0 Å². The molecule has 1 fully saturated rings. The van der Waals surface area contributed by atoms with Crippen LogP contribution in [-0.4, -0.2) is 22.6 Å². The zero-order valence-corrected chi connectivity index (χ0v) is 13.4. The van der Waals surface area contributed by atoms with Gasteiger partial charge in [-0.25, -0.2) is 9.59 Å². The molecule has 2 amide bonds. The molecule has 2 rings (SSSR count). The first-order valence-electron chi connectivity index (χ1n) is 7.00. The molecule has 1 unspecified atom stereocenters. The first-order valence-corrected chi connectivity index (χ1v) is 7.80.